The number of ether oxygens (including phenoxy) is 2. The molecule has 0 radical (unpaired) electrons. The van der Waals surface area contributed by atoms with Crippen molar-refractivity contribution >= 4 is 40.3 Å². The van der Waals surface area contributed by atoms with Crippen LogP contribution in [0.15, 0.2) is 36.4 Å². The van der Waals surface area contributed by atoms with E-state index in [-0.39, 0.29) is 24.2 Å². The highest BCUT2D eigenvalue weighted by Crippen LogP contribution is 2.39. The first-order valence-electron chi connectivity index (χ1n) is 11.3. The summed E-state index contributed by atoms with van der Waals surface area (Å²) in [7, 11) is 1.66. The summed E-state index contributed by atoms with van der Waals surface area (Å²) in [5.74, 6) is 0.335. The quantitative estimate of drug-likeness (QED) is 0.509. The normalized spacial score (nSPS) is 17.9. The Morgan fingerprint density at radius 1 is 1.11 bits per heavy atom. The van der Waals surface area contributed by atoms with E-state index in [2.05, 4.69) is 4.98 Å². The van der Waals surface area contributed by atoms with Crippen LogP contribution in [0, 0.1) is 13.8 Å². The maximum Gasteiger partial charge on any atom is 0.267 e. The molecule has 2 aliphatic heterocycles. The van der Waals surface area contributed by atoms with Gasteiger partial charge in [0, 0.05) is 23.1 Å². The van der Waals surface area contributed by atoms with Gasteiger partial charge in [-0.2, -0.15) is 0 Å². The smallest absolute Gasteiger partial charge is 0.267 e. The maximum absolute atomic E-state index is 13.6. The number of ketones is 1. The predicted octanol–water partition coefficient (Wildman–Crippen LogP) is 4.17. The third-order valence-corrected chi connectivity index (χ3v) is 7.26. The molecule has 0 aliphatic carbocycles. The molecule has 0 fully saturated rings. The van der Waals surface area contributed by atoms with Crippen LogP contribution in [0.5, 0.6) is 11.5 Å². The van der Waals surface area contributed by atoms with Crippen molar-refractivity contribution in [3.63, 3.8) is 0 Å². The molecule has 8 nitrogen and oxygen atoms in total. The summed E-state index contributed by atoms with van der Waals surface area (Å²) in [6.07, 6.45) is -0.588. The Morgan fingerprint density at radius 2 is 1.86 bits per heavy atom. The van der Waals surface area contributed by atoms with Crippen molar-refractivity contribution in [2.75, 3.05) is 23.5 Å². The lowest BCUT2D eigenvalue weighted by Crippen LogP contribution is -2.48. The molecule has 2 unspecified atom stereocenters. The highest BCUT2D eigenvalue weighted by Gasteiger charge is 2.35. The number of benzene rings is 2. The molecule has 1 aromatic heterocycles. The van der Waals surface area contributed by atoms with Gasteiger partial charge in [0.15, 0.2) is 18.5 Å². The number of Topliss-reactive ketones (excluding diaryl/α,β-unsaturated/α-hetero) is 1. The van der Waals surface area contributed by atoms with Crippen LogP contribution in [0.1, 0.15) is 34.1 Å². The minimum Gasteiger partial charge on any atom is -0.482 e. The summed E-state index contributed by atoms with van der Waals surface area (Å²) >= 11 is 1.61. The van der Waals surface area contributed by atoms with Crippen molar-refractivity contribution in [2.45, 2.75) is 39.8 Å². The number of carbonyl (C=O) groups is 3. The van der Waals surface area contributed by atoms with E-state index in [0.717, 1.165) is 21.1 Å². The Balaban J connectivity index is 1.51. The van der Waals surface area contributed by atoms with E-state index in [0.29, 0.717) is 28.4 Å². The minimum atomic E-state index is -0.791. The summed E-state index contributed by atoms with van der Waals surface area (Å²) in [4.78, 5) is 47.6. The molecular weight excluding hydrogens is 466 g/mol. The van der Waals surface area contributed by atoms with E-state index in [1.54, 1.807) is 50.4 Å². The Morgan fingerprint density at radius 3 is 2.57 bits per heavy atom. The molecule has 180 valence electrons. The number of anilines is 2. The second kappa shape index (κ2) is 8.49. The number of aromatic nitrogens is 1. The van der Waals surface area contributed by atoms with Crippen molar-refractivity contribution in [3.8, 4) is 22.8 Å². The Kier molecular flexibility index (Phi) is 5.59. The molecule has 5 rings (SSSR count). The van der Waals surface area contributed by atoms with Crippen LogP contribution in [0.2, 0.25) is 0 Å². The number of likely N-dealkylation sites (N-methyl/N-ethyl adjacent to an activating group) is 1. The van der Waals surface area contributed by atoms with Crippen LogP contribution in [0.4, 0.5) is 11.4 Å². The summed E-state index contributed by atoms with van der Waals surface area (Å²) in [5, 5.41) is 0.956. The second-order valence-corrected chi connectivity index (χ2v) is 10.2. The molecule has 2 aromatic carbocycles. The van der Waals surface area contributed by atoms with Gasteiger partial charge in [-0.1, -0.05) is 0 Å². The molecule has 3 heterocycles. The SMILES string of the molecule is Cc1nc(-c2ccc3c(c2)N(C(C)C(=O)c2ccc4c(c2)N(C)C(=O)C(C)O4)C(=O)CO3)c(C)s1. The minimum absolute atomic E-state index is 0.147. The fraction of sp³-hybridized carbons (Fsp3) is 0.308. The summed E-state index contributed by atoms with van der Waals surface area (Å²) in [6, 6.07) is 9.79. The highest BCUT2D eigenvalue weighted by atomic mass is 32.1. The number of carbonyl (C=O) groups excluding carboxylic acids is 3. The fourth-order valence-corrected chi connectivity index (χ4v) is 5.40. The molecule has 0 N–H and O–H groups in total. The molecule has 2 atom stereocenters. The highest BCUT2D eigenvalue weighted by molar-refractivity contribution is 7.11. The van der Waals surface area contributed by atoms with Crippen molar-refractivity contribution < 1.29 is 23.9 Å². The molecule has 2 aliphatic rings. The zero-order chi connectivity index (χ0) is 25.0. The fourth-order valence-electron chi connectivity index (χ4n) is 4.56. The van der Waals surface area contributed by atoms with Gasteiger partial charge >= 0.3 is 0 Å². The van der Waals surface area contributed by atoms with Crippen LogP contribution in [0.3, 0.4) is 0 Å². The van der Waals surface area contributed by atoms with E-state index < -0.39 is 12.1 Å². The molecule has 2 amide bonds. The lowest BCUT2D eigenvalue weighted by atomic mass is 10.00. The van der Waals surface area contributed by atoms with E-state index in [1.165, 1.54) is 9.80 Å². The van der Waals surface area contributed by atoms with Crippen LogP contribution >= 0.6 is 11.3 Å². The average Bonchev–Trinajstić information content (AvgIpc) is 3.19. The zero-order valence-corrected chi connectivity index (χ0v) is 20.9. The van der Waals surface area contributed by atoms with Gasteiger partial charge in [0.2, 0.25) is 0 Å². The first kappa shape index (κ1) is 23.0. The topological polar surface area (TPSA) is 89.0 Å². The average molecular weight is 492 g/mol. The van der Waals surface area contributed by atoms with Gasteiger partial charge in [-0.15, -0.1) is 11.3 Å². The van der Waals surface area contributed by atoms with Crippen molar-refractivity contribution in [2.24, 2.45) is 0 Å². The van der Waals surface area contributed by atoms with Crippen LogP contribution < -0.4 is 19.3 Å². The summed E-state index contributed by atoms with van der Waals surface area (Å²) in [6.45, 7) is 7.20. The standard InChI is InChI=1S/C26H25N3O5S/c1-13(25(31)18-7-9-22-19(11-18)28(5)26(32)14(2)34-22)29-20-10-17(24-15(3)35-16(4)27-24)6-8-21(20)33-12-23(29)30/h6-11,13-14H,12H2,1-5H3. The monoisotopic (exact) mass is 491 g/mol. The first-order chi connectivity index (χ1) is 16.7. The number of thiazole rings is 1. The second-order valence-electron chi connectivity index (χ2n) is 8.75. The molecule has 9 heteroatoms. The molecule has 0 bridgehead atoms. The molecule has 0 saturated heterocycles. The van der Waals surface area contributed by atoms with Gasteiger partial charge in [-0.3, -0.25) is 19.3 Å². The van der Waals surface area contributed by atoms with Gasteiger partial charge in [-0.05, 0) is 64.1 Å². The van der Waals surface area contributed by atoms with E-state index in [9.17, 15) is 14.4 Å². The Bertz CT molecular complexity index is 1380. The molecular formula is C26H25N3O5S. The Hall–Kier alpha value is -3.72. The van der Waals surface area contributed by atoms with Crippen LogP contribution in [-0.4, -0.2) is 48.4 Å². The van der Waals surface area contributed by atoms with Crippen molar-refractivity contribution in [1.82, 2.24) is 4.98 Å². The van der Waals surface area contributed by atoms with E-state index in [1.807, 2.05) is 32.0 Å². The molecule has 0 saturated carbocycles. The number of hydrogen-bond donors (Lipinski definition) is 0. The predicted molar refractivity (Wildman–Crippen MR) is 134 cm³/mol. The molecule has 3 aromatic rings. The lowest BCUT2D eigenvalue weighted by molar-refractivity contribution is -0.125. The largest absolute Gasteiger partial charge is 0.482 e. The van der Waals surface area contributed by atoms with Gasteiger partial charge < -0.3 is 14.4 Å². The van der Waals surface area contributed by atoms with Crippen LogP contribution in [-0.2, 0) is 9.59 Å². The number of hydrogen-bond acceptors (Lipinski definition) is 7. The summed E-state index contributed by atoms with van der Waals surface area (Å²) in [5.41, 5.74) is 3.15. The number of rotatable bonds is 4. The molecule has 0 spiro atoms. The Labute approximate surface area is 207 Å². The zero-order valence-electron chi connectivity index (χ0n) is 20.1. The third kappa shape index (κ3) is 3.85. The van der Waals surface area contributed by atoms with Gasteiger partial charge in [-0.25, -0.2) is 4.98 Å². The number of aryl methyl sites for hydroxylation is 2. The van der Waals surface area contributed by atoms with Crippen LogP contribution in [0.25, 0.3) is 11.3 Å². The summed E-state index contributed by atoms with van der Waals surface area (Å²) < 4.78 is 11.3. The number of nitrogens with zero attached hydrogens (tertiary/aromatic N) is 3. The number of amides is 2. The first-order valence-corrected chi connectivity index (χ1v) is 12.1. The van der Waals surface area contributed by atoms with Gasteiger partial charge in [0.05, 0.1) is 28.1 Å². The van der Waals surface area contributed by atoms with Gasteiger partial charge in [0.25, 0.3) is 11.8 Å². The van der Waals surface area contributed by atoms with Crippen molar-refractivity contribution in [3.05, 3.63) is 51.8 Å². The third-order valence-electron chi connectivity index (χ3n) is 6.37. The lowest BCUT2D eigenvalue weighted by Gasteiger charge is -2.34. The van der Waals surface area contributed by atoms with E-state index >= 15 is 0 Å². The van der Waals surface area contributed by atoms with Crippen molar-refractivity contribution in [1.29, 1.82) is 0 Å². The van der Waals surface area contributed by atoms with Gasteiger partial charge in [0.1, 0.15) is 11.5 Å². The number of fused-ring (bicyclic) bond motifs is 2. The molecule has 35 heavy (non-hydrogen) atoms. The van der Waals surface area contributed by atoms with E-state index in [4.69, 9.17) is 9.47 Å². The maximum atomic E-state index is 13.6.